The molecule has 29 heavy (non-hydrogen) atoms. The number of ether oxygens (including phenoxy) is 1. The van der Waals surface area contributed by atoms with E-state index in [-0.39, 0.29) is 11.3 Å². The summed E-state index contributed by atoms with van der Waals surface area (Å²) < 4.78 is 11.0. The monoisotopic (exact) mass is 399 g/mol. The van der Waals surface area contributed by atoms with Crippen molar-refractivity contribution in [2.24, 2.45) is 0 Å². The third-order valence-corrected chi connectivity index (χ3v) is 4.99. The van der Waals surface area contributed by atoms with Gasteiger partial charge in [0.05, 0.1) is 33.3 Å². The number of methoxy groups -OCH3 is 1. The van der Waals surface area contributed by atoms with E-state index in [4.69, 9.17) is 9.15 Å². The smallest absolute Gasteiger partial charge is 0.295 e. The summed E-state index contributed by atoms with van der Waals surface area (Å²) in [6, 6.07) is 9.53. The Kier molecular flexibility index (Phi) is 6.08. The number of carbonyl (C=O) groups is 2. The quantitative estimate of drug-likeness (QED) is 0.419. The van der Waals surface area contributed by atoms with Gasteiger partial charge >= 0.3 is 0 Å². The first-order chi connectivity index (χ1) is 13.8. The molecule has 1 fully saturated rings. The number of aliphatic hydroxyl groups excluding tert-OH is 1. The van der Waals surface area contributed by atoms with Crippen LogP contribution in [-0.2, 0) is 9.59 Å². The Hall–Kier alpha value is -3.06. The maximum Gasteiger partial charge on any atom is 0.295 e. The summed E-state index contributed by atoms with van der Waals surface area (Å²) in [6.07, 6.45) is 0.727. The molecule has 7 heteroatoms. The van der Waals surface area contributed by atoms with Crippen LogP contribution in [0.2, 0.25) is 0 Å². The molecule has 7 nitrogen and oxygen atoms in total. The number of benzene rings is 1. The SMILES string of the molecule is COc1cccc(C(O)=C2C(=O)C(=O)N(CCC[NH+](C)C)[C@@H]2c2ccc(C)o2)c1. The summed E-state index contributed by atoms with van der Waals surface area (Å²) in [6.45, 7) is 3.05. The van der Waals surface area contributed by atoms with E-state index in [1.165, 1.54) is 16.9 Å². The molecule has 1 aromatic heterocycles. The van der Waals surface area contributed by atoms with Crippen molar-refractivity contribution in [1.29, 1.82) is 0 Å². The van der Waals surface area contributed by atoms with Gasteiger partial charge in [0.15, 0.2) is 0 Å². The fraction of sp³-hybridized carbons (Fsp3) is 0.364. The van der Waals surface area contributed by atoms with Gasteiger partial charge in [0.1, 0.15) is 29.1 Å². The minimum absolute atomic E-state index is 0.0369. The summed E-state index contributed by atoms with van der Waals surface area (Å²) in [4.78, 5) is 28.4. The van der Waals surface area contributed by atoms with E-state index in [1.54, 1.807) is 43.3 Å². The van der Waals surface area contributed by atoms with Crippen molar-refractivity contribution in [2.45, 2.75) is 19.4 Å². The highest BCUT2D eigenvalue weighted by Gasteiger charge is 2.47. The predicted molar refractivity (Wildman–Crippen MR) is 108 cm³/mol. The van der Waals surface area contributed by atoms with Gasteiger partial charge in [-0.2, -0.15) is 0 Å². The molecule has 0 saturated carbocycles. The van der Waals surface area contributed by atoms with Gasteiger partial charge in [-0.3, -0.25) is 9.59 Å². The van der Waals surface area contributed by atoms with Crippen LogP contribution < -0.4 is 9.64 Å². The average molecular weight is 399 g/mol. The van der Waals surface area contributed by atoms with E-state index >= 15 is 0 Å². The minimum Gasteiger partial charge on any atom is -0.507 e. The van der Waals surface area contributed by atoms with Crippen molar-refractivity contribution in [3.8, 4) is 5.75 Å². The number of hydrogen-bond donors (Lipinski definition) is 2. The van der Waals surface area contributed by atoms with Crippen LogP contribution in [0, 0.1) is 6.92 Å². The average Bonchev–Trinajstić information content (AvgIpc) is 3.23. The van der Waals surface area contributed by atoms with Gasteiger partial charge in [-0.25, -0.2) is 0 Å². The highest BCUT2D eigenvalue weighted by atomic mass is 16.5. The standard InChI is InChI=1S/C22H26N2O5/c1-14-9-10-17(29-14)19-18(20(25)15-7-5-8-16(13-15)28-4)21(26)22(27)24(19)12-6-11-23(2)3/h5,7-10,13,19,25H,6,11-12H2,1-4H3/p+1/t19-/m1/s1. The number of nitrogens with one attached hydrogen (secondary N) is 1. The zero-order valence-electron chi connectivity index (χ0n) is 17.2. The van der Waals surface area contributed by atoms with Gasteiger partial charge in [0, 0.05) is 18.5 Å². The van der Waals surface area contributed by atoms with Crippen LogP contribution in [0.3, 0.4) is 0 Å². The predicted octanol–water partition coefficient (Wildman–Crippen LogP) is 1.55. The molecule has 0 aliphatic carbocycles. The molecule has 0 spiro atoms. The van der Waals surface area contributed by atoms with Crippen LogP contribution in [-0.4, -0.2) is 56.0 Å². The molecule has 1 aromatic carbocycles. The van der Waals surface area contributed by atoms with E-state index in [2.05, 4.69) is 0 Å². The Bertz CT molecular complexity index is 944. The molecule has 1 saturated heterocycles. The van der Waals surface area contributed by atoms with Crippen LogP contribution >= 0.6 is 0 Å². The number of Topliss-reactive ketones (excluding diaryl/α,β-unsaturated/α-hetero) is 1. The molecule has 0 radical (unpaired) electrons. The van der Waals surface area contributed by atoms with E-state index in [9.17, 15) is 14.7 Å². The number of amides is 1. The number of ketones is 1. The number of aryl methyl sites for hydroxylation is 1. The lowest BCUT2D eigenvalue weighted by Gasteiger charge is -2.23. The number of furan rings is 1. The lowest BCUT2D eigenvalue weighted by Crippen LogP contribution is -3.05. The van der Waals surface area contributed by atoms with E-state index in [0.29, 0.717) is 29.4 Å². The number of rotatable bonds is 7. The van der Waals surface area contributed by atoms with Crippen LogP contribution in [0.1, 0.15) is 29.5 Å². The van der Waals surface area contributed by atoms with Gasteiger partial charge in [0.2, 0.25) is 0 Å². The molecule has 2 aromatic rings. The molecular weight excluding hydrogens is 372 g/mol. The number of aliphatic hydroxyl groups is 1. The largest absolute Gasteiger partial charge is 0.507 e. The van der Waals surface area contributed by atoms with Gasteiger partial charge in [-0.1, -0.05) is 12.1 Å². The Morgan fingerprint density at radius 2 is 2.00 bits per heavy atom. The maximum absolute atomic E-state index is 12.9. The number of likely N-dealkylation sites (tertiary alicyclic amines) is 1. The first-order valence-electron chi connectivity index (χ1n) is 9.61. The van der Waals surface area contributed by atoms with Crippen molar-refractivity contribution in [2.75, 3.05) is 34.3 Å². The second-order valence-electron chi connectivity index (χ2n) is 7.48. The molecule has 2 N–H and O–H groups in total. The zero-order chi connectivity index (χ0) is 21.1. The van der Waals surface area contributed by atoms with E-state index in [1.807, 2.05) is 14.1 Å². The number of nitrogens with zero attached hydrogens (tertiary/aromatic N) is 1. The molecule has 2 heterocycles. The summed E-state index contributed by atoms with van der Waals surface area (Å²) in [5.74, 6) is 0.113. The molecular formula is C22H27N2O5+. The molecule has 1 aliphatic rings. The van der Waals surface area contributed by atoms with E-state index < -0.39 is 17.7 Å². The molecule has 1 aliphatic heterocycles. The molecule has 3 rings (SSSR count). The summed E-state index contributed by atoms with van der Waals surface area (Å²) in [5.41, 5.74) is 0.447. The number of quaternary nitrogens is 1. The second-order valence-corrected chi connectivity index (χ2v) is 7.48. The molecule has 1 amide bonds. The number of hydrogen-bond acceptors (Lipinski definition) is 5. The van der Waals surface area contributed by atoms with Crippen molar-refractivity contribution < 1.29 is 28.7 Å². The Balaban J connectivity index is 2.07. The highest BCUT2D eigenvalue weighted by Crippen LogP contribution is 2.40. The Morgan fingerprint density at radius 1 is 1.24 bits per heavy atom. The van der Waals surface area contributed by atoms with Gasteiger partial charge in [-0.15, -0.1) is 0 Å². The first-order valence-corrected chi connectivity index (χ1v) is 9.61. The molecule has 0 unspecified atom stereocenters. The fourth-order valence-corrected chi connectivity index (χ4v) is 3.54. The lowest BCUT2D eigenvalue weighted by molar-refractivity contribution is -0.858. The highest BCUT2D eigenvalue weighted by molar-refractivity contribution is 6.46. The minimum atomic E-state index is -0.757. The normalized spacial score (nSPS) is 18.7. The number of carbonyl (C=O) groups excluding carboxylic acids is 2. The second kappa shape index (κ2) is 8.53. The lowest BCUT2D eigenvalue weighted by atomic mass is 9.99. The van der Waals surface area contributed by atoms with E-state index in [0.717, 1.165) is 13.0 Å². The van der Waals surface area contributed by atoms with Crippen LogP contribution in [0.15, 0.2) is 46.4 Å². The van der Waals surface area contributed by atoms with Crippen LogP contribution in [0.5, 0.6) is 5.75 Å². The zero-order valence-corrected chi connectivity index (χ0v) is 17.2. The van der Waals surface area contributed by atoms with Gasteiger partial charge in [0.25, 0.3) is 11.7 Å². The van der Waals surface area contributed by atoms with Crippen molar-refractivity contribution in [3.05, 3.63) is 59.1 Å². The Morgan fingerprint density at radius 3 is 2.62 bits per heavy atom. The first kappa shape index (κ1) is 20.7. The maximum atomic E-state index is 12.9. The van der Waals surface area contributed by atoms with Crippen LogP contribution in [0.4, 0.5) is 0 Å². The summed E-state index contributed by atoms with van der Waals surface area (Å²) in [5, 5.41) is 11.0. The van der Waals surface area contributed by atoms with Gasteiger partial charge < -0.3 is 24.1 Å². The molecule has 154 valence electrons. The van der Waals surface area contributed by atoms with Crippen molar-refractivity contribution >= 4 is 17.4 Å². The van der Waals surface area contributed by atoms with Gasteiger partial charge in [-0.05, 0) is 31.2 Å². The summed E-state index contributed by atoms with van der Waals surface area (Å²) >= 11 is 0. The van der Waals surface area contributed by atoms with Crippen LogP contribution in [0.25, 0.3) is 5.76 Å². The van der Waals surface area contributed by atoms with Crippen molar-refractivity contribution in [1.82, 2.24) is 4.90 Å². The molecule has 0 bridgehead atoms. The third-order valence-electron chi connectivity index (χ3n) is 4.99. The topological polar surface area (TPSA) is 84.4 Å². The summed E-state index contributed by atoms with van der Waals surface area (Å²) in [7, 11) is 5.59. The fourth-order valence-electron chi connectivity index (χ4n) is 3.54. The Labute approximate surface area is 170 Å². The molecule has 1 atom stereocenters. The van der Waals surface area contributed by atoms with Crippen molar-refractivity contribution in [3.63, 3.8) is 0 Å². The third kappa shape index (κ3) is 4.19.